The van der Waals surface area contributed by atoms with E-state index in [1.165, 1.54) is 0 Å². The van der Waals surface area contributed by atoms with Gasteiger partial charge in [0.25, 0.3) is 0 Å². The Morgan fingerprint density at radius 2 is 1.83 bits per heavy atom. The molecule has 4 nitrogen and oxygen atoms in total. The van der Waals surface area contributed by atoms with Crippen LogP contribution >= 0.6 is 0 Å². The Kier molecular flexibility index (Phi) is 4.39. The van der Waals surface area contributed by atoms with Gasteiger partial charge in [-0.15, -0.1) is 6.42 Å². The fraction of sp³-hybridized carbons (Fsp3) is 0.615. The molecular weight excluding hydrogens is 227 g/mol. The summed E-state index contributed by atoms with van der Waals surface area (Å²) >= 11 is 0. The summed E-state index contributed by atoms with van der Waals surface area (Å²) in [4.78, 5) is 4.04. The molecule has 18 heavy (non-hydrogen) atoms. The van der Waals surface area contributed by atoms with Gasteiger partial charge in [-0.05, 0) is 40.1 Å². The summed E-state index contributed by atoms with van der Waals surface area (Å²) < 4.78 is 11.8. The van der Waals surface area contributed by atoms with Gasteiger partial charge in [-0.25, -0.2) is 0 Å². The minimum absolute atomic E-state index is 0.367. The topological polar surface area (TPSA) is 56.8 Å². The third-order valence-electron chi connectivity index (χ3n) is 3.41. The van der Waals surface area contributed by atoms with E-state index in [-0.39, 0.29) is 11.2 Å². The van der Waals surface area contributed by atoms with Crippen LogP contribution in [0.4, 0.5) is 0 Å². The zero-order chi connectivity index (χ0) is 14.0. The van der Waals surface area contributed by atoms with Crippen molar-refractivity contribution in [2.75, 3.05) is 0 Å². The Morgan fingerprint density at radius 1 is 1.33 bits per heavy atom. The largest absolute Gasteiger partial charge is 0.496 e. The van der Waals surface area contributed by atoms with Crippen molar-refractivity contribution in [2.45, 2.75) is 52.0 Å². The van der Waals surface area contributed by atoms with E-state index in [4.69, 9.17) is 21.5 Å². The van der Waals surface area contributed by atoms with E-state index in [1.807, 2.05) is 40.7 Å². The Labute approximate surface area is 110 Å². The van der Waals surface area contributed by atoms with E-state index >= 15 is 0 Å². The fourth-order valence-electron chi connectivity index (χ4n) is 1.46. The van der Waals surface area contributed by atoms with Gasteiger partial charge >= 0.3 is 7.12 Å². The van der Waals surface area contributed by atoms with Crippen LogP contribution in [-0.4, -0.2) is 30.7 Å². The van der Waals surface area contributed by atoms with Crippen LogP contribution in [0.15, 0.2) is 16.5 Å². The van der Waals surface area contributed by atoms with Crippen LogP contribution in [0.3, 0.4) is 0 Å². The zero-order valence-electron chi connectivity index (χ0n) is 11.7. The molecule has 1 aliphatic rings. The van der Waals surface area contributed by atoms with Crippen LogP contribution in [0.1, 0.15) is 34.6 Å². The van der Waals surface area contributed by atoms with Crippen molar-refractivity contribution < 1.29 is 9.31 Å². The van der Waals surface area contributed by atoms with E-state index < -0.39 is 13.3 Å². The second-order valence-corrected chi connectivity index (χ2v) is 5.27. The molecule has 5 heteroatoms. The van der Waals surface area contributed by atoms with Crippen molar-refractivity contribution in [3.63, 3.8) is 0 Å². The first-order chi connectivity index (χ1) is 8.23. The lowest BCUT2D eigenvalue weighted by molar-refractivity contribution is 0.00578. The van der Waals surface area contributed by atoms with Crippen LogP contribution in [-0.2, 0) is 9.31 Å². The number of aliphatic imine (C=N–C) groups is 1. The molecule has 0 aromatic carbocycles. The van der Waals surface area contributed by atoms with Crippen LogP contribution in [0.5, 0.6) is 0 Å². The monoisotopic (exact) mass is 248 g/mol. The van der Waals surface area contributed by atoms with Gasteiger partial charge in [0, 0.05) is 6.21 Å². The molecule has 1 rings (SSSR count). The zero-order valence-corrected chi connectivity index (χ0v) is 11.7. The van der Waals surface area contributed by atoms with E-state index in [0.29, 0.717) is 0 Å². The fourth-order valence-corrected chi connectivity index (χ4v) is 1.46. The summed E-state index contributed by atoms with van der Waals surface area (Å²) in [5.41, 5.74) is 5.62. The molecular formula is C13H21BN2O2. The highest BCUT2D eigenvalue weighted by molar-refractivity contribution is 6.60. The molecule has 1 unspecified atom stereocenters. The minimum Gasteiger partial charge on any atom is -0.399 e. The molecule has 0 radical (unpaired) electrons. The number of hydrogen-bond acceptors (Lipinski definition) is 4. The van der Waals surface area contributed by atoms with E-state index in [9.17, 15) is 0 Å². The molecule has 0 spiro atoms. The smallest absolute Gasteiger partial charge is 0.399 e. The van der Waals surface area contributed by atoms with Crippen LogP contribution in [0.25, 0.3) is 0 Å². The first kappa shape index (κ1) is 15.0. The molecule has 1 heterocycles. The van der Waals surface area contributed by atoms with E-state index in [0.717, 1.165) is 5.47 Å². The number of allylic oxidation sites excluding steroid dienone is 2. The molecule has 1 fully saturated rings. The van der Waals surface area contributed by atoms with E-state index in [1.54, 1.807) is 6.21 Å². The SMILES string of the molecule is C#CC(N)N=C/C(=C\C)B1OC(C)(C)C(C)(C)O1. The number of rotatable bonds is 3. The summed E-state index contributed by atoms with van der Waals surface area (Å²) in [6.45, 7) is 9.91. The molecule has 0 aromatic heterocycles. The lowest BCUT2D eigenvalue weighted by Gasteiger charge is -2.32. The summed E-state index contributed by atoms with van der Waals surface area (Å²) in [5.74, 6) is 2.34. The van der Waals surface area contributed by atoms with Crippen molar-refractivity contribution in [3.8, 4) is 12.3 Å². The summed E-state index contributed by atoms with van der Waals surface area (Å²) in [6, 6.07) is 0. The predicted octanol–water partition coefficient (Wildman–Crippen LogP) is 1.55. The highest BCUT2D eigenvalue weighted by Gasteiger charge is 2.52. The average Bonchev–Trinajstić information content (AvgIpc) is 2.48. The number of terminal acetylenes is 1. The summed E-state index contributed by atoms with van der Waals surface area (Å²) in [7, 11) is -0.436. The molecule has 0 aromatic rings. The maximum atomic E-state index is 5.91. The van der Waals surface area contributed by atoms with Gasteiger partial charge in [-0.2, -0.15) is 0 Å². The molecule has 1 atom stereocenters. The first-order valence-electron chi connectivity index (χ1n) is 6.00. The highest BCUT2D eigenvalue weighted by Crippen LogP contribution is 2.38. The van der Waals surface area contributed by atoms with Gasteiger partial charge in [0.2, 0.25) is 0 Å². The van der Waals surface area contributed by atoms with E-state index in [2.05, 4.69) is 10.9 Å². The lowest BCUT2D eigenvalue weighted by atomic mass is 9.79. The third-order valence-corrected chi connectivity index (χ3v) is 3.41. The Balaban J connectivity index is 2.83. The molecule has 0 saturated carbocycles. The molecule has 0 amide bonds. The van der Waals surface area contributed by atoms with Crippen LogP contribution in [0, 0.1) is 12.3 Å². The molecule has 2 N–H and O–H groups in total. The first-order valence-corrected chi connectivity index (χ1v) is 6.00. The molecule has 0 bridgehead atoms. The third kappa shape index (κ3) is 3.02. The quantitative estimate of drug-likeness (QED) is 0.468. The summed E-state index contributed by atoms with van der Waals surface area (Å²) in [6.07, 6.45) is 8.03. The van der Waals surface area contributed by atoms with Crippen LogP contribution < -0.4 is 5.73 Å². The van der Waals surface area contributed by atoms with Crippen molar-refractivity contribution in [3.05, 3.63) is 11.5 Å². The Morgan fingerprint density at radius 3 is 2.22 bits per heavy atom. The minimum atomic E-state index is -0.637. The van der Waals surface area contributed by atoms with Crippen molar-refractivity contribution >= 4 is 13.3 Å². The second kappa shape index (κ2) is 5.27. The maximum absolute atomic E-state index is 5.91. The molecule has 1 saturated heterocycles. The Bertz CT molecular complexity index is 392. The normalized spacial score (nSPS) is 24.3. The summed E-state index contributed by atoms with van der Waals surface area (Å²) in [5, 5.41) is 0. The predicted molar refractivity (Wildman–Crippen MR) is 75.1 cm³/mol. The van der Waals surface area contributed by atoms with Crippen LogP contribution in [0.2, 0.25) is 0 Å². The van der Waals surface area contributed by atoms with Gasteiger partial charge in [0.15, 0.2) is 6.17 Å². The lowest BCUT2D eigenvalue weighted by Crippen LogP contribution is -2.41. The number of nitrogens with zero attached hydrogens (tertiary/aromatic N) is 1. The molecule has 98 valence electrons. The molecule has 0 aliphatic carbocycles. The highest BCUT2D eigenvalue weighted by atomic mass is 16.7. The Hall–Kier alpha value is -1.09. The number of nitrogens with two attached hydrogens (primary N) is 1. The number of hydrogen-bond donors (Lipinski definition) is 1. The van der Waals surface area contributed by atoms with Crippen molar-refractivity contribution in [1.82, 2.24) is 0 Å². The standard InChI is InChI=1S/C13H21BN2O2/c1-7-10(9-16-11(15)8-2)14-17-12(3,4)13(5,6)18-14/h2,7,9,11H,15H2,1,3-6H3/b10-7+,16-9?. The van der Waals surface area contributed by atoms with Crippen molar-refractivity contribution in [2.24, 2.45) is 10.7 Å². The van der Waals surface area contributed by atoms with Crippen molar-refractivity contribution in [1.29, 1.82) is 0 Å². The average molecular weight is 248 g/mol. The second-order valence-electron chi connectivity index (χ2n) is 5.27. The molecule has 1 aliphatic heterocycles. The maximum Gasteiger partial charge on any atom is 0.496 e. The van der Waals surface area contributed by atoms with Gasteiger partial charge in [-0.1, -0.05) is 12.0 Å². The van der Waals surface area contributed by atoms with Gasteiger partial charge < -0.3 is 9.31 Å². The van der Waals surface area contributed by atoms with Gasteiger partial charge in [-0.3, -0.25) is 10.7 Å². The van der Waals surface area contributed by atoms with Gasteiger partial charge in [0.05, 0.1) is 11.2 Å². The van der Waals surface area contributed by atoms with Gasteiger partial charge in [0.1, 0.15) is 0 Å².